The van der Waals surface area contributed by atoms with Gasteiger partial charge in [-0.2, -0.15) is 13.2 Å². The van der Waals surface area contributed by atoms with Crippen molar-refractivity contribution >= 4 is 5.97 Å². The predicted molar refractivity (Wildman–Crippen MR) is 57.5 cm³/mol. The van der Waals surface area contributed by atoms with Crippen molar-refractivity contribution in [3.05, 3.63) is 23.5 Å². The molecule has 0 radical (unpaired) electrons. The molecule has 7 heteroatoms. The second kappa shape index (κ2) is 5.90. The average Bonchev–Trinajstić information content (AvgIpc) is 2.68. The summed E-state index contributed by atoms with van der Waals surface area (Å²) >= 11 is 0. The summed E-state index contributed by atoms with van der Waals surface area (Å²) < 4.78 is 44.0. The molecule has 4 nitrogen and oxygen atoms in total. The van der Waals surface area contributed by atoms with E-state index in [0.29, 0.717) is 19.6 Å². The molecule has 1 N–H and O–H groups in total. The van der Waals surface area contributed by atoms with Gasteiger partial charge >= 0.3 is 12.1 Å². The van der Waals surface area contributed by atoms with Gasteiger partial charge in [0.25, 0.3) is 0 Å². The van der Waals surface area contributed by atoms with Gasteiger partial charge in [0.15, 0.2) is 0 Å². The third-order valence-corrected chi connectivity index (χ3v) is 2.32. The van der Waals surface area contributed by atoms with Crippen molar-refractivity contribution in [3.63, 3.8) is 0 Å². The van der Waals surface area contributed by atoms with Gasteiger partial charge in [0.2, 0.25) is 0 Å². The zero-order valence-corrected chi connectivity index (χ0v) is 9.83. The van der Waals surface area contributed by atoms with Gasteiger partial charge in [-0.15, -0.1) is 0 Å². The monoisotopic (exact) mass is 265 g/mol. The van der Waals surface area contributed by atoms with Crippen molar-refractivity contribution < 1.29 is 27.8 Å². The van der Waals surface area contributed by atoms with E-state index in [1.165, 1.54) is 4.57 Å². The van der Waals surface area contributed by atoms with Crippen LogP contribution in [0.3, 0.4) is 0 Å². The molecule has 0 bridgehead atoms. The van der Waals surface area contributed by atoms with Crippen molar-refractivity contribution in [1.29, 1.82) is 0 Å². The molecule has 102 valence electrons. The van der Waals surface area contributed by atoms with Gasteiger partial charge in [-0.3, -0.25) is 0 Å². The standard InChI is InChI=1S/C11H14F3NO3/c1-2-18-5-3-4-15-6-8(10(16)17)9(7-15)11(12,13)14/h6-7H,2-5H2,1H3,(H,16,17). The molecule has 1 heterocycles. The molecule has 0 unspecified atom stereocenters. The number of carboxylic acid groups (broad SMARTS) is 1. The number of aromatic carboxylic acids is 1. The van der Waals surface area contributed by atoms with E-state index < -0.39 is 23.3 Å². The Morgan fingerprint density at radius 1 is 1.44 bits per heavy atom. The van der Waals surface area contributed by atoms with Gasteiger partial charge in [0, 0.05) is 32.2 Å². The van der Waals surface area contributed by atoms with Crippen LogP contribution in [0.25, 0.3) is 0 Å². The first kappa shape index (κ1) is 14.6. The lowest BCUT2D eigenvalue weighted by molar-refractivity contribution is -0.138. The summed E-state index contributed by atoms with van der Waals surface area (Å²) in [6.45, 7) is 3.08. The number of nitrogens with zero attached hydrogens (tertiary/aromatic N) is 1. The third kappa shape index (κ3) is 3.76. The van der Waals surface area contributed by atoms with Gasteiger partial charge in [-0.1, -0.05) is 0 Å². The van der Waals surface area contributed by atoms with E-state index in [2.05, 4.69) is 0 Å². The van der Waals surface area contributed by atoms with Crippen LogP contribution in [-0.4, -0.2) is 28.9 Å². The Hall–Kier alpha value is -1.50. The van der Waals surface area contributed by atoms with Gasteiger partial charge in [-0.25, -0.2) is 4.79 Å². The zero-order chi connectivity index (χ0) is 13.8. The predicted octanol–water partition coefficient (Wildman–Crippen LogP) is 2.63. The Balaban J connectivity index is 2.80. The minimum absolute atomic E-state index is 0.288. The van der Waals surface area contributed by atoms with Gasteiger partial charge < -0.3 is 14.4 Å². The maximum absolute atomic E-state index is 12.6. The minimum Gasteiger partial charge on any atom is -0.478 e. The molecule has 1 aromatic rings. The van der Waals surface area contributed by atoms with Crippen molar-refractivity contribution in [2.45, 2.75) is 26.1 Å². The van der Waals surface area contributed by atoms with E-state index in [-0.39, 0.29) is 6.54 Å². The fourth-order valence-corrected chi connectivity index (χ4v) is 1.53. The van der Waals surface area contributed by atoms with Crippen LogP contribution >= 0.6 is 0 Å². The minimum atomic E-state index is -4.65. The largest absolute Gasteiger partial charge is 0.478 e. The Morgan fingerprint density at radius 3 is 2.56 bits per heavy atom. The summed E-state index contributed by atoms with van der Waals surface area (Å²) in [7, 11) is 0. The van der Waals surface area contributed by atoms with Crippen molar-refractivity contribution in [2.24, 2.45) is 0 Å². The van der Waals surface area contributed by atoms with Crippen molar-refractivity contribution in [2.75, 3.05) is 13.2 Å². The lowest BCUT2D eigenvalue weighted by Gasteiger charge is -2.04. The number of carbonyl (C=O) groups is 1. The average molecular weight is 265 g/mol. The Bertz CT molecular complexity index is 412. The number of ether oxygens (including phenoxy) is 1. The fraction of sp³-hybridized carbons (Fsp3) is 0.545. The highest BCUT2D eigenvalue weighted by Crippen LogP contribution is 2.32. The highest BCUT2D eigenvalue weighted by atomic mass is 19.4. The number of halogens is 3. The number of aryl methyl sites for hydroxylation is 1. The number of carboxylic acids is 1. The molecule has 0 aliphatic rings. The zero-order valence-electron chi connectivity index (χ0n) is 9.83. The molecule has 0 spiro atoms. The first-order valence-electron chi connectivity index (χ1n) is 5.44. The van der Waals surface area contributed by atoms with E-state index in [4.69, 9.17) is 9.84 Å². The van der Waals surface area contributed by atoms with Crippen LogP contribution in [0.4, 0.5) is 13.2 Å². The number of rotatable bonds is 6. The summed E-state index contributed by atoms with van der Waals surface area (Å²) in [5.74, 6) is -1.58. The molecular formula is C11H14F3NO3. The Labute approximate surface area is 102 Å². The first-order valence-corrected chi connectivity index (χ1v) is 5.44. The van der Waals surface area contributed by atoms with Crippen LogP contribution in [0.15, 0.2) is 12.4 Å². The SMILES string of the molecule is CCOCCCn1cc(C(=O)O)c(C(F)(F)F)c1. The second-order valence-corrected chi connectivity index (χ2v) is 3.68. The first-order chi connectivity index (χ1) is 8.36. The van der Waals surface area contributed by atoms with Gasteiger partial charge in [0.05, 0.1) is 11.1 Å². The molecule has 1 rings (SSSR count). The number of hydrogen-bond donors (Lipinski definition) is 1. The topological polar surface area (TPSA) is 51.5 Å². The second-order valence-electron chi connectivity index (χ2n) is 3.68. The van der Waals surface area contributed by atoms with Gasteiger partial charge in [0.1, 0.15) is 0 Å². The van der Waals surface area contributed by atoms with E-state index in [1.807, 2.05) is 6.92 Å². The fourth-order valence-electron chi connectivity index (χ4n) is 1.53. The Kier molecular flexibility index (Phi) is 4.77. The maximum Gasteiger partial charge on any atom is 0.418 e. The molecule has 0 fully saturated rings. The number of aromatic nitrogens is 1. The molecular weight excluding hydrogens is 251 g/mol. The van der Waals surface area contributed by atoms with Crippen molar-refractivity contribution in [3.8, 4) is 0 Å². The van der Waals surface area contributed by atoms with E-state index in [0.717, 1.165) is 12.4 Å². The molecule has 0 aromatic carbocycles. The molecule has 0 aliphatic heterocycles. The summed E-state index contributed by atoms with van der Waals surface area (Å²) in [4.78, 5) is 10.7. The molecule has 0 saturated carbocycles. The molecule has 0 amide bonds. The normalized spacial score (nSPS) is 11.8. The van der Waals surface area contributed by atoms with Crippen LogP contribution in [0.1, 0.15) is 29.3 Å². The van der Waals surface area contributed by atoms with Crippen LogP contribution in [0.2, 0.25) is 0 Å². The molecule has 0 aliphatic carbocycles. The number of alkyl halides is 3. The Morgan fingerprint density at radius 2 is 2.11 bits per heavy atom. The van der Waals surface area contributed by atoms with Crippen LogP contribution in [0.5, 0.6) is 0 Å². The van der Waals surface area contributed by atoms with Crippen LogP contribution in [-0.2, 0) is 17.5 Å². The highest BCUT2D eigenvalue weighted by molar-refractivity contribution is 5.89. The van der Waals surface area contributed by atoms with E-state index >= 15 is 0 Å². The van der Waals surface area contributed by atoms with Gasteiger partial charge in [-0.05, 0) is 13.3 Å². The maximum atomic E-state index is 12.6. The third-order valence-electron chi connectivity index (χ3n) is 2.32. The summed E-state index contributed by atoms with van der Waals surface area (Å²) in [5.41, 5.74) is -1.84. The molecule has 0 saturated heterocycles. The quantitative estimate of drug-likeness (QED) is 0.804. The van der Waals surface area contributed by atoms with Crippen LogP contribution in [0, 0.1) is 0 Å². The summed E-state index contributed by atoms with van der Waals surface area (Å²) in [5, 5.41) is 8.71. The van der Waals surface area contributed by atoms with E-state index in [1.54, 1.807) is 0 Å². The molecule has 1 aromatic heterocycles. The molecule has 0 atom stereocenters. The lowest BCUT2D eigenvalue weighted by Crippen LogP contribution is -2.09. The highest BCUT2D eigenvalue weighted by Gasteiger charge is 2.36. The number of hydrogen-bond acceptors (Lipinski definition) is 2. The van der Waals surface area contributed by atoms with Crippen LogP contribution < -0.4 is 0 Å². The lowest BCUT2D eigenvalue weighted by atomic mass is 10.2. The smallest absolute Gasteiger partial charge is 0.418 e. The van der Waals surface area contributed by atoms with E-state index in [9.17, 15) is 18.0 Å². The summed E-state index contributed by atoms with van der Waals surface area (Å²) in [6, 6.07) is 0. The van der Waals surface area contributed by atoms with Crippen molar-refractivity contribution in [1.82, 2.24) is 4.57 Å². The molecule has 18 heavy (non-hydrogen) atoms. The summed E-state index contributed by atoms with van der Waals surface area (Å²) in [6.07, 6.45) is -2.32.